The van der Waals surface area contributed by atoms with Gasteiger partial charge in [0.1, 0.15) is 6.29 Å². The zero-order chi connectivity index (χ0) is 11.8. The standard InChI is InChI=1S/C13H22O3/c1-11(6-5-8-14)10-12(2)16-13-7-3-4-9-15-13/h8,10,12-13H,3-7,9H2,1-2H3/b11-10+. The molecule has 1 heterocycles. The molecule has 0 aromatic heterocycles. The van der Waals surface area contributed by atoms with Crippen LogP contribution >= 0.6 is 0 Å². The Labute approximate surface area is 97.8 Å². The first-order valence-corrected chi connectivity index (χ1v) is 6.10. The molecule has 0 bridgehead atoms. The number of hydrogen-bond donors (Lipinski definition) is 0. The van der Waals surface area contributed by atoms with Gasteiger partial charge in [0.15, 0.2) is 6.29 Å². The van der Waals surface area contributed by atoms with E-state index >= 15 is 0 Å². The molecule has 1 aliphatic heterocycles. The molecule has 3 heteroatoms. The molecular formula is C13H22O3. The Kier molecular flexibility index (Phi) is 6.34. The van der Waals surface area contributed by atoms with Gasteiger partial charge in [-0.3, -0.25) is 0 Å². The quantitative estimate of drug-likeness (QED) is 0.516. The van der Waals surface area contributed by atoms with Crippen molar-refractivity contribution >= 4 is 6.29 Å². The van der Waals surface area contributed by atoms with Gasteiger partial charge in [0.05, 0.1) is 6.10 Å². The minimum atomic E-state index is -0.0427. The third-order valence-electron chi connectivity index (χ3n) is 2.68. The Morgan fingerprint density at radius 3 is 3.00 bits per heavy atom. The highest BCUT2D eigenvalue weighted by Crippen LogP contribution is 2.16. The maximum absolute atomic E-state index is 10.2. The van der Waals surface area contributed by atoms with Crippen LogP contribution in [0.15, 0.2) is 11.6 Å². The smallest absolute Gasteiger partial charge is 0.158 e. The van der Waals surface area contributed by atoms with Crippen LogP contribution in [0, 0.1) is 0 Å². The summed E-state index contributed by atoms with van der Waals surface area (Å²) in [5, 5.41) is 0. The average Bonchev–Trinajstić information content (AvgIpc) is 2.27. The van der Waals surface area contributed by atoms with Crippen LogP contribution < -0.4 is 0 Å². The van der Waals surface area contributed by atoms with Crippen molar-refractivity contribution in [2.75, 3.05) is 6.61 Å². The van der Waals surface area contributed by atoms with E-state index in [1.54, 1.807) is 0 Å². The lowest BCUT2D eigenvalue weighted by Gasteiger charge is -2.25. The largest absolute Gasteiger partial charge is 0.353 e. The van der Waals surface area contributed by atoms with Crippen molar-refractivity contribution in [1.29, 1.82) is 0 Å². The molecule has 2 atom stereocenters. The van der Waals surface area contributed by atoms with Gasteiger partial charge in [-0.25, -0.2) is 0 Å². The van der Waals surface area contributed by atoms with Crippen LogP contribution in [-0.2, 0) is 14.3 Å². The van der Waals surface area contributed by atoms with Crippen molar-refractivity contribution in [2.24, 2.45) is 0 Å². The van der Waals surface area contributed by atoms with E-state index < -0.39 is 0 Å². The average molecular weight is 226 g/mol. The summed E-state index contributed by atoms with van der Waals surface area (Å²) in [5.74, 6) is 0. The fourth-order valence-electron chi connectivity index (χ4n) is 1.87. The molecule has 0 amide bonds. The van der Waals surface area contributed by atoms with Gasteiger partial charge in [-0.15, -0.1) is 0 Å². The monoisotopic (exact) mass is 226 g/mol. The molecule has 16 heavy (non-hydrogen) atoms. The minimum absolute atomic E-state index is 0.0427. The fraction of sp³-hybridized carbons (Fsp3) is 0.769. The normalized spacial score (nSPS) is 24.1. The lowest BCUT2D eigenvalue weighted by Crippen LogP contribution is -2.25. The van der Waals surface area contributed by atoms with E-state index in [1.165, 1.54) is 12.0 Å². The minimum Gasteiger partial charge on any atom is -0.353 e. The maximum Gasteiger partial charge on any atom is 0.158 e. The van der Waals surface area contributed by atoms with Crippen LogP contribution in [0.25, 0.3) is 0 Å². The van der Waals surface area contributed by atoms with E-state index in [0.29, 0.717) is 6.42 Å². The topological polar surface area (TPSA) is 35.5 Å². The number of allylic oxidation sites excluding steroid dienone is 1. The molecule has 1 aliphatic rings. The zero-order valence-corrected chi connectivity index (χ0v) is 10.3. The highest BCUT2D eigenvalue weighted by atomic mass is 16.7. The van der Waals surface area contributed by atoms with Crippen molar-refractivity contribution in [1.82, 2.24) is 0 Å². The Bertz CT molecular complexity index is 229. The van der Waals surface area contributed by atoms with Gasteiger partial charge in [0, 0.05) is 13.0 Å². The lowest BCUT2D eigenvalue weighted by molar-refractivity contribution is -0.175. The van der Waals surface area contributed by atoms with Gasteiger partial charge < -0.3 is 14.3 Å². The van der Waals surface area contributed by atoms with Gasteiger partial charge in [-0.2, -0.15) is 0 Å². The molecule has 0 radical (unpaired) electrons. The molecule has 92 valence electrons. The van der Waals surface area contributed by atoms with E-state index in [0.717, 1.165) is 32.2 Å². The second kappa shape index (κ2) is 7.58. The van der Waals surface area contributed by atoms with Crippen LogP contribution in [0.1, 0.15) is 46.0 Å². The Hall–Kier alpha value is -0.670. The Balaban J connectivity index is 2.27. The second-order valence-corrected chi connectivity index (χ2v) is 4.36. The molecule has 1 saturated heterocycles. The summed E-state index contributed by atoms with van der Waals surface area (Å²) in [6, 6.07) is 0. The molecular weight excluding hydrogens is 204 g/mol. The molecule has 3 nitrogen and oxygen atoms in total. The lowest BCUT2D eigenvalue weighted by atomic mass is 10.1. The third-order valence-corrected chi connectivity index (χ3v) is 2.68. The summed E-state index contributed by atoms with van der Waals surface area (Å²) in [6.45, 7) is 4.86. The summed E-state index contributed by atoms with van der Waals surface area (Å²) < 4.78 is 11.3. The number of carbonyl (C=O) groups is 1. The first kappa shape index (κ1) is 13.4. The van der Waals surface area contributed by atoms with E-state index in [-0.39, 0.29) is 12.4 Å². The van der Waals surface area contributed by atoms with Gasteiger partial charge in [0.2, 0.25) is 0 Å². The zero-order valence-electron chi connectivity index (χ0n) is 10.3. The van der Waals surface area contributed by atoms with Gasteiger partial charge in [-0.05, 0) is 39.5 Å². The molecule has 0 aromatic rings. The molecule has 0 aromatic carbocycles. The number of aldehydes is 1. The van der Waals surface area contributed by atoms with E-state index in [9.17, 15) is 4.79 Å². The third kappa shape index (κ3) is 5.42. The number of hydrogen-bond acceptors (Lipinski definition) is 3. The molecule has 0 N–H and O–H groups in total. The van der Waals surface area contributed by atoms with Crippen molar-refractivity contribution in [3.63, 3.8) is 0 Å². The van der Waals surface area contributed by atoms with Crippen LogP contribution in [-0.4, -0.2) is 25.3 Å². The molecule has 1 rings (SSSR count). The fourth-order valence-corrected chi connectivity index (χ4v) is 1.87. The van der Waals surface area contributed by atoms with Crippen molar-refractivity contribution in [3.05, 3.63) is 11.6 Å². The van der Waals surface area contributed by atoms with Gasteiger partial charge in [-0.1, -0.05) is 11.6 Å². The van der Waals surface area contributed by atoms with Crippen LogP contribution in [0.2, 0.25) is 0 Å². The SMILES string of the molecule is C/C(=C\C(C)OC1CCCCO1)CCC=O. The summed E-state index contributed by atoms with van der Waals surface area (Å²) >= 11 is 0. The summed E-state index contributed by atoms with van der Waals surface area (Å²) in [6.07, 6.45) is 7.78. The summed E-state index contributed by atoms with van der Waals surface area (Å²) in [5.41, 5.74) is 1.20. The number of rotatable bonds is 6. The summed E-state index contributed by atoms with van der Waals surface area (Å²) in [7, 11) is 0. The van der Waals surface area contributed by atoms with E-state index in [4.69, 9.17) is 9.47 Å². The van der Waals surface area contributed by atoms with Crippen molar-refractivity contribution in [3.8, 4) is 0 Å². The summed E-state index contributed by atoms with van der Waals surface area (Å²) in [4.78, 5) is 10.2. The van der Waals surface area contributed by atoms with Gasteiger partial charge in [0.25, 0.3) is 0 Å². The Morgan fingerprint density at radius 2 is 2.38 bits per heavy atom. The Morgan fingerprint density at radius 1 is 1.56 bits per heavy atom. The predicted molar refractivity (Wildman–Crippen MR) is 63.2 cm³/mol. The number of ether oxygens (including phenoxy) is 2. The first-order valence-electron chi connectivity index (χ1n) is 6.10. The van der Waals surface area contributed by atoms with Crippen LogP contribution in [0.3, 0.4) is 0 Å². The molecule has 0 aliphatic carbocycles. The van der Waals surface area contributed by atoms with Crippen LogP contribution in [0.4, 0.5) is 0 Å². The predicted octanol–water partition coefficient (Wildman–Crippen LogP) is 2.84. The highest BCUT2D eigenvalue weighted by Gasteiger charge is 2.16. The molecule has 0 saturated carbocycles. The first-order chi connectivity index (χ1) is 7.72. The molecule has 2 unspecified atom stereocenters. The van der Waals surface area contributed by atoms with Crippen LogP contribution in [0.5, 0.6) is 0 Å². The van der Waals surface area contributed by atoms with Gasteiger partial charge >= 0.3 is 0 Å². The second-order valence-electron chi connectivity index (χ2n) is 4.36. The van der Waals surface area contributed by atoms with E-state index in [2.05, 4.69) is 6.08 Å². The van der Waals surface area contributed by atoms with Crippen molar-refractivity contribution < 1.29 is 14.3 Å². The highest BCUT2D eigenvalue weighted by molar-refractivity contribution is 5.49. The maximum atomic E-state index is 10.2. The molecule has 0 spiro atoms. The number of carbonyl (C=O) groups excluding carboxylic acids is 1. The molecule has 1 fully saturated rings. The van der Waals surface area contributed by atoms with Crippen molar-refractivity contribution in [2.45, 2.75) is 58.3 Å². The van der Waals surface area contributed by atoms with E-state index in [1.807, 2.05) is 13.8 Å².